The molecule has 3 rings (SSSR count). The van der Waals surface area contributed by atoms with E-state index < -0.39 is 0 Å². The summed E-state index contributed by atoms with van der Waals surface area (Å²) in [6.45, 7) is 6.40. The lowest BCUT2D eigenvalue weighted by atomic mass is 10.1. The zero-order chi connectivity index (χ0) is 22.2. The normalized spacial score (nSPS) is 14.3. The van der Waals surface area contributed by atoms with Gasteiger partial charge in [0.1, 0.15) is 6.54 Å². The molecule has 2 aromatic carbocycles. The van der Waals surface area contributed by atoms with E-state index in [4.69, 9.17) is 27.9 Å². The highest BCUT2D eigenvalue weighted by atomic mass is 35.5. The molecule has 31 heavy (non-hydrogen) atoms. The summed E-state index contributed by atoms with van der Waals surface area (Å²) in [6.07, 6.45) is 0.744. The summed E-state index contributed by atoms with van der Waals surface area (Å²) in [7, 11) is 0. The lowest BCUT2D eigenvalue weighted by molar-refractivity contribution is -0.116. The predicted molar refractivity (Wildman–Crippen MR) is 124 cm³/mol. The number of morpholine rings is 1. The maximum Gasteiger partial charge on any atom is 0.254 e. The molecule has 0 aliphatic carbocycles. The van der Waals surface area contributed by atoms with Gasteiger partial charge in [-0.1, -0.05) is 42.3 Å². The van der Waals surface area contributed by atoms with Gasteiger partial charge in [-0.2, -0.15) is 0 Å². The Balaban J connectivity index is 1.66. The number of carbonyl (C=O) groups is 2. The molecule has 1 aliphatic heterocycles. The Hall–Kier alpha value is -2.12. The maximum atomic E-state index is 13.1. The van der Waals surface area contributed by atoms with Gasteiger partial charge in [0, 0.05) is 36.8 Å². The first-order valence-electron chi connectivity index (χ1n) is 10.4. The minimum absolute atomic E-state index is 0.0562. The van der Waals surface area contributed by atoms with Crippen molar-refractivity contribution in [2.24, 2.45) is 0 Å². The number of carbonyl (C=O) groups excluding carboxylic acids is 2. The smallest absolute Gasteiger partial charge is 0.254 e. The number of hydrogen-bond acceptors (Lipinski definition) is 4. The van der Waals surface area contributed by atoms with E-state index in [0.717, 1.165) is 44.8 Å². The Bertz CT molecular complexity index is 917. The Morgan fingerprint density at radius 1 is 1.13 bits per heavy atom. The Kier molecular flexibility index (Phi) is 8.72. The molecule has 0 radical (unpaired) electrons. The quantitative estimate of drug-likeness (QED) is 0.633. The minimum atomic E-state index is -0.310. The lowest BCUT2D eigenvalue weighted by Gasteiger charge is -2.27. The fraction of sp³-hybridized carbons (Fsp3) is 0.391. The first-order chi connectivity index (χ1) is 15.0. The van der Waals surface area contributed by atoms with Crippen LogP contribution in [0.4, 0.5) is 5.69 Å². The fourth-order valence-corrected chi connectivity index (χ4v) is 3.93. The number of rotatable bonds is 8. The number of nitrogens with zero attached hydrogens (tertiary/aromatic N) is 2. The van der Waals surface area contributed by atoms with Crippen molar-refractivity contribution in [1.82, 2.24) is 9.80 Å². The first-order valence-corrected chi connectivity index (χ1v) is 11.1. The lowest BCUT2D eigenvalue weighted by Crippen LogP contribution is -2.38. The second-order valence-electron chi connectivity index (χ2n) is 7.49. The van der Waals surface area contributed by atoms with Gasteiger partial charge >= 0.3 is 0 Å². The van der Waals surface area contributed by atoms with E-state index in [9.17, 15) is 9.59 Å². The molecule has 1 fully saturated rings. The molecule has 0 atom stereocenters. The summed E-state index contributed by atoms with van der Waals surface area (Å²) in [5.74, 6) is -0.474. The van der Waals surface area contributed by atoms with E-state index in [1.165, 1.54) is 0 Å². The van der Waals surface area contributed by atoms with Crippen molar-refractivity contribution in [2.75, 3.05) is 44.7 Å². The molecule has 166 valence electrons. The molecule has 0 bridgehead atoms. The van der Waals surface area contributed by atoms with E-state index in [2.05, 4.69) is 10.2 Å². The molecule has 1 aliphatic rings. The van der Waals surface area contributed by atoms with Crippen LogP contribution in [0.15, 0.2) is 42.5 Å². The molecular weight excluding hydrogens is 437 g/mol. The Morgan fingerprint density at radius 2 is 1.90 bits per heavy atom. The second-order valence-corrected chi connectivity index (χ2v) is 8.33. The highest BCUT2D eigenvalue weighted by Gasteiger charge is 2.20. The average Bonchev–Trinajstić information content (AvgIpc) is 2.76. The molecule has 1 N–H and O–H groups in total. The van der Waals surface area contributed by atoms with Crippen LogP contribution >= 0.6 is 23.2 Å². The largest absolute Gasteiger partial charge is 0.379 e. The number of nitrogens with one attached hydrogen (secondary N) is 1. The minimum Gasteiger partial charge on any atom is -0.379 e. The van der Waals surface area contributed by atoms with Crippen LogP contribution in [0.5, 0.6) is 0 Å². The van der Waals surface area contributed by atoms with Crippen molar-refractivity contribution in [3.63, 3.8) is 0 Å². The molecular formula is C23H27Cl2N3O3. The topological polar surface area (TPSA) is 61.9 Å². The van der Waals surface area contributed by atoms with E-state index in [-0.39, 0.29) is 18.4 Å². The van der Waals surface area contributed by atoms with Crippen LogP contribution in [-0.2, 0) is 16.1 Å². The van der Waals surface area contributed by atoms with Crippen molar-refractivity contribution in [3.05, 3.63) is 63.6 Å². The van der Waals surface area contributed by atoms with Crippen LogP contribution in [0, 0.1) is 0 Å². The van der Waals surface area contributed by atoms with Crippen molar-refractivity contribution in [1.29, 1.82) is 0 Å². The number of anilines is 1. The fourth-order valence-electron chi connectivity index (χ4n) is 3.48. The third kappa shape index (κ3) is 6.94. The predicted octanol–water partition coefficient (Wildman–Crippen LogP) is 4.32. The number of benzene rings is 2. The summed E-state index contributed by atoms with van der Waals surface area (Å²) < 4.78 is 5.40. The summed E-state index contributed by atoms with van der Waals surface area (Å²) in [5, 5.41) is 3.60. The summed E-state index contributed by atoms with van der Waals surface area (Å²) in [6, 6.07) is 12.5. The van der Waals surface area contributed by atoms with Gasteiger partial charge in [0.25, 0.3) is 5.91 Å². The first kappa shape index (κ1) is 23.5. The molecule has 8 heteroatoms. The molecule has 2 amide bonds. The van der Waals surface area contributed by atoms with Gasteiger partial charge in [-0.15, -0.1) is 0 Å². The van der Waals surface area contributed by atoms with Gasteiger partial charge in [-0.05, 0) is 42.3 Å². The van der Waals surface area contributed by atoms with Gasteiger partial charge in [0.05, 0.1) is 23.9 Å². The highest BCUT2D eigenvalue weighted by molar-refractivity contribution is 6.36. The van der Waals surface area contributed by atoms with Crippen LogP contribution in [0.3, 0.4) is 0 Å². The molecule has 0 aromatic heterocycles. The Morgan fingerprint density at radius 3 is 2.61 bits per heavy atom. The molecule has 0 unspecified atom stereocenters. The number of halogens is 2. The number of amides is 2. The van der Waals surface area contributed by atoms with Crippen molar-refractivity contribution in [2.45, 2.75) is 19.9 Å². The molecule has 1 heterocycles. The molecule has 2 aromatic rings. The SMILES string of the molecule is CCCN(CC(=O)Nc1ccc(Cl)cc1Cl)C(=O)c1cccc(CN2CCOCC2)c1. The van der Waals surface area contributed by atoms with Gasteiger partial charge in [-0.25, -0.2) is 0 Å². The standard InChI is InChI=1S/C23H27Cl2N3O3/c1-2-8-28(16-22(29)26-21-7-6-19(24)14-20(21)25)23(30)18-5-3-4-17(13-18)15-27-9-11-31-12-10-27/h3-7,13-14H,2,8-12,15-16H2,1H3,(H,26,29). The van der Waals surface area contributed by atoms with Gasteiger partial charge in [0.2, 0.25) is 5.91 Å². The van der Waals surface area contributed by atoms with Crippen LogP contribution in [-0.4, -0.2) is 61.0 Å². The number of hydrogen-bond donors (Lipinski definition) is 1. The van der Waals surface area contributed by atoms with Gasteiger partial charge < -0.3 is 15.0 Å². The number of ether oxygens (including phenoxy) is 1. The van der Waals surface area contributed by atoms with E-state index in [1.807, 2.05) is 25.1 Å². The molecule has 0 saturated carbocycles. The molecule has 6 nitrogen and oxygen atoms in total. The zero-order valence-corrected chi connectivity index (χ0v) is 19.1. The summed E-state index contributed by atoms with van der Waals surface area (Å²) in [5.41, 5.74) is 2.12. The van der Waals surface area contributed by atoms with Crippen LogP contribution < -0.4 is 5.32 Å². The van der Waals surface area contributed by atoms with E-state index >= 15 is 0 Å². The second kappa shape index (κ2) is 11.5. The van der Waals surface area contributed by atoms with Crippen molar-refractivity contribution >= 4 is 40.7 Å². The summed E-state index contributed by atoms with van der Waals surface area (Å²) in [4.78, 5) is 29.6. The van der Waals surface area contributed by atoms with Crippen LogP contribution in [0.1, 0.15) is 29.3 Å². The third-order valence-corrected chi connectivity index (χ3v) is 5.55. The van der Waals surface area contributed by atoms with Gasteiger partial charge in [-0.3, -0.25) is 14.5 Å². The molecule has 0 spiro atoms. The van der Waals surface area contributed by atoms with E-state index in [0.29, 0.717) is 27.8 Å². The Labute approximate surface area is 193 Å². The summed E-state index contributed by atoms with van der Waals surface area (Å²) >= 11 is 12.0. The average molecular weight is 464 g/mol. The molecule has 1 saturated heterocycles. The maximum absolute atomic E-state index is 13.1. The van der Waals surface area contributed by atoms with Crippen molar-refractivity contribution < 1.29 is 14.3 Å². The highest BCUT2D eigenvalue weighted by Crippen LogP contribution is 2.25. The third-order valence-electron chi connectivity index (χ3n) is 5.00. The zero-order valence-electron chi connectivity index (χ0n) is 17.6. The van der Waals surface area contributed by atoms with E-state index in [1.54, 1.807) is 29.2 Å². The van der Waals surface area contributed by atoms with Crippen molar-refractivity contribution in [3.8, 4) is 0 Å². The monoisotopic (exact) mass is 463 g/mol. The van der Waals surface area contributed by atoms with Gasteiger partial charge in [0.15, 0.2) is 0 Å². The van der Waals surface area contributed by atoms with Crippen LogP contribution in [0.25, 0.3) is 0 Å². The van der Waals surface area contributed by atoms with Crippen LogP contribution in [0.2, 0.25) is 10.0 Å².